The molecule has 0 atom stereocenters. The number of carbonyl (C=O) groups is 1. The minimum absolute atomic E-state index is 0.0223. The number of benzene rings is 3. The predicted octanol–water partition coefficient (Wildman–Crippen LogP) is 3.40. The molecule has 0 unspecified atom stereocenters. The molecule has 11 heteroatoms. The van der Waals surface area contributed by atoms with E-state index in [1.54, 1.807) is 48.5 Å². The van der Waals surface area contributed by atoms with Crippen LogP contribution in [0.15, 0.2) is 92.7 Å². The number of nitrogens with zero attached hydrogens (tertiary/aromatic N) is 1. The van der Waals surface area contributed by atoms with Gasteiger partial charge < -0.3 is 10.3 Å². The molecule has 0 aliphatic carbocycles. The molecule has 2 amide bonds. The number of aromatic amines is 1. The Kier molecular flexibility index (Phi) is 5.27. The fourth-order valence-electron chi connectivity index (χ4n) is 3.51. The van der Waals surface area contributed by atoms with Gasteiger partial charge in [-0.25, -0.2) is 27.3 Å². The van der Waals surface area contributed by atoms with E-state index in [0.717, 1.165) is 26.0 Å². The summed E-state index contributed by atoms with van der Waals surface area (Å²) >= 11 is 1.06. The van der Waals surface area contributed by atoms with Gasteiger partial charge in [-0.1, -0.05) is 30.3 Å². The van der Waals surface area contributed by atoms with Crippen molar-refractivity contribution in [1.82, 2.24) is 14.3 Å². The number of nitrogens with one attached hydrogen (secondary N) is 3. The number of hydrogen-bond donors (Lipinski definition) is 3. The molecule has 9 nitrogen and oxygen atoms in total. The second kappa shape index (κ2) is 8.28. The summed E-state index contributed by atoms with van der Waals surface area (Å²) in [6.45, 7) is 0. The normalized spacial score (nSPS) is 11.5. The Hall–Kier alpha value is -4.22. The van der Waals surface area contributed by atoms with Crippen molar-refractivity contribution < 1.29 is 13.2 Å². The molecule has 34 heavy (non-hydrogen) atoms. The van der Waals surface area contributed by atoms with E-state index in [2.05, 4.69) is 10.3 Å². The molecule has 0 spiro atoms. The molecule has 0 aliphatic heterocycles. The molecule has 3 aromatic carbocycles. The van der Waals surface area contributed by atoms with Gasteiger partial charge in [0.15, 0.2) is 0 Å². The van der Waals surface area contributed by atoms with Gasteiger partial charge in [-0.2, -0.15) is 0 Å². The van der Waals surface area contributed by atoms with Crippen LogP contribution in [0.2, 0.25) is 0 Å². The average Bonchev–Trinajstić information content (AvgIpc) is 3.25. The van der Waals surface area contributed by atoms with E-state index in [1.165, 1.54) is 30.3 Å². The lowest BCUT2D eigenvalue weighted by molar-refractivity contribution is 0.256. The highest BCUT2D eigenvalue weighted by molar-refractivity contribution is 7.92. The summed E-state index contributed by atoms with van der Waals surface area (Å²) in [5, 5.41) is 3.56. The van der Waals surface area contributed by atoms with Crippen LogP contribution in [0.3, 0.4) is 0 Å². The zero-order valence-electron chi connectivity index (χ0n) is 17.3. The summed E-state index contributed by atoms with van der Waals surface area (Å²) < 4.78 is 29.0. The lowest BCUT2D eigenvalue weighted by Crippen LogP contribution is -2.34. The molecule has 0 saturated heterocycles. The second-order valence-corrected chi connectivity index (χ2v) is 10.3. The number of rotatable bonds is 4. The van der Waals surface area contributed by atoms with Gasteiger partial charge in [0.25, 0.3) is 15.6 Å². The number of urea groups is 1. The van der Waals surface area contributed by atoms with Gasteiger partial charge in [-0.15, -0.1) is 11.3 Å². The first-order valence-electron chi connectivity index (χ1n) is 9.99. The number of carbonyl (C=O) groups excluding carboxylic acids is 1. The van der Waals surface area contributed by atoms with Gasteiger partial charge >= 0.3 is 11.7 Å². The highest BCUT2D eigenvalue weighted by Gasteiger charge is 2.20. The van der Waals surface area contributed by atoms with E-state index in [1.807, 2.05) is 4.72 Å². The molecule has 0 saturated carbocycles. The van der Waals surface area contributed by atoms with E-state index in [9.17, 15) is 22.8 Å². The van der Waals surface area contributed by atoms with Crippen LogP contribution in [0.1, 0.15) is 0 Å². The SMILES string of the molecule is O=C(Nc1ccc(-n2c(=O)[nH]c3ccccc3c2=O)cc1)NS(=O)(=O)c1cc2ccccc2s1. The maximum atomic E-state index is 12.8. The minimum atomic E-state index is -4.06. The van der Waals surface area contributed by atoms with E-state index < -0.39 is 27.3 Å². The third-order valence-corrected chi connectivity index (χ3v) is 8.00. The van der Waals surface area contributed by atoms with Crippen molar-refractivity contribution in [2.75, 3.05) is 5.32 Å². The zero-order chi connectivity index (χ0) is 23.9. The van der Waals surface area contributed by atoms with E-state index in [0.29, 0.717) is 16.6 Å². The Bertz CT molecular complexity index is 1750. The van der Waals surface area contributed by atoms with Crippen molar-refractivity contribution in [3.05, 3.63) is 99.7 Å². The smallest absolute Gasteiger partial charge is 0.307 e. The highest BCUT2D eigenvalue weighted by Crippen LogP contribution is 2.28. The molecule has 0 fully saturated rings. The first-order chi connectivity index (χ1) is 16.3. The molecule has 5 aromatic rings. The number of aromatic nitrogens is 2. The Morgan fingerprint density at radius 3 is 2.38 bits per heavy atom. The summed E-state index contributed by atoms with van der Waals surface area (Å²) in [5.74, 6) is 0. The van der Waals surface area contributed by atoms with Gasteiger partial charge in [0.1, 0.15) is 4.21 Å². The number of sulfonamides is 1. The van der Waals surface area contributed by atoms with E-state index in [4.69, 9.17) is 0 Å². The van der Waals surface area contributed by atoms with Gasteiger partial charge in [0.05, 0.1) is 16.6 Å². The summed E-state index contributed by atoms with van der Waals surface area (Å²) in [6, 6.07) is 20.3. The largest absolute Gasteiger partial charge is 0.333 e. The third kappa shape index (κ3) is 3.98. The maximum Gasteiger partial charge on any atom is 0.333 e. The number of thiophene rings is 1. The number of fused-ring (bicyclic) bond motifs is 2. The number of hydrogen-bond acceptors (Lipinski definition) is 6. The lowest BCUT2D eigenvalue weighted by atomic mass is 10.2. The van der Waals surface area contributed by atoms with Crippen molar-refractivity contribution in [2.24, 2.45) is 0 Å². The standard InChI is InChI=1S/C23H16N4O5S2/c28-21-17-6-2-3-7-18(17)25-23(30)27(21)16-11-9-15(10-12-16)24-22(29)26-34(31,32)20-13-14-5-1-4-8-19(14)33-20/h1-13H,(H,25,30)(H2,24,26,29). The summed E-state index contributed by atoms with van der Waals surface area (Å²) in [7, 11) is -4.06. The fraction of sp³-hybridized carbons (Fsp3) is 0. The van der Waals surface area contributed by atoms with Gasteiger partial charge in [0, 0.05) is 10.4 Å². The number of anilines is 1. The Morgan fingerprint density at radius 2 is 1.62 bits per heavy atom. The van der Waals surface area contributed by atoms with Crippen molar-refractivity contribution in [1.29, 1.82) is 0 Å². The number of H-pyrrole nitrogens is 1. The van der Waals surface area contributed by atoms with Crippen LogP contribution < -0.4 is 21.3 Å². The Balaban J connectivity index is 1.35. The van der Waals surface area contributed by atoms with E-state index in [-0.39, 0.29) is 9.90 Å². The third-order valence-electron chi connectivity index (χ3n) is 5.08. The van der Waals surface area contributed by atoms with Crippen molar-refractivity contribution in [3.63, 3.8) is 0 Å². The van der Waals surface area contributed by atoms with Crippen LogP contribution in [0, 0.1) is 0 Å². The molecule has 0 aliphatic rings. The molecular formula is C23H16N4O5S2. The second-order valence-electron chi connectivity index (χ2n) is 7.33. The van der Waals surface area contributed by atoms with Crippen LogP contribution >= 0.6 is 11.3 Å². The first kappa shape index (κ1) is 21.6. The molecule has 170 valence electrons. The summed E-state index contributed by atoms with van der Waals surface area (Å²) in [6.07, 6.45) is 0. The van der Waals surface area contributed by atoms with Gasteiger partial charge in [0.2, 0.25) is 0 Å². The molecule has 2 aromatic heterocycles. The van der Waals surface area contributed by atoms with Crippen LogP contribution in [0.4, 0.5) is 10.5 Å². The first-order valence-corrected chi connectivity index (χ1v) is 12.3. The zero-order valence-corrected chi connectivity index (χ0v) is 18.9. The summed E-state index contributed by atoms with van der Waals surface area (Å²) in [4.78, 5) is 40.2. The van der Waals surface area contributed by atoms with Gasteiger partial charge in [-0.05, 0) is 53.9 Å². The van der Waals surface area contributed by atoms with Crippen LogP contribution in [0.5, 0.6) is 0 Å². The number of amides is 2. The summed E-state index contributed by atoms with van der Waals surface area (Å²) in [5.41, 5.74) is -0.0775. The van der Waals surface area contributed by atoms with Crippen molar-refractivity contribution in [2.45, 2.75) is 4.21 Å². The van der Waals surface area contributed by atoms with Crippen LogP contribution in [-0.4, -0.2) is 24.0 Å². The van der Waals surface area contributed by atoms with E-state index >= 15 is 0 Å². The average molecular weight is 493 g/mol. The minimum Gasteiger partial charge on any atom is -0.307 e. The fourth-order valence-corrected chi connectivity index (χ4v) is 5.81. The molecule has 5 rings (SSSR count). The Morgan fingerprint density at radius 1 is 0.912 bits per heavy atom. The van der Waals surface area contributed by atoms with Crippen LogP contribution in [0.25, 0.3) is 26.7 Å². The molecule has 0 bridgehead atoms. The monoisotopic (exact) mass is 492 g/mol. The quantitative estimate of drug-likeness (QED) is 0.354. The van der Waals surface area contributed by atoms with Gasteiger partial charge in [-0.3, -0.25) is 4.79 Å². The predicted molar refractivity (Wildman–Crippen MR) is 131 cm³/mol. The van der Waals surface area contributed by atoms with Crippen LogP contribution in [-0.2, 0) is 10.0 Å². The maximum absolute atomic E-state index is 12.8. The Labute approximate surface area is 196 Å². The molecular weight excluding hydrogens is 476 g/mol. The lowest BCUT2D eigenvalue weighted by Gasteiger charge is -2.09. The molecule has 2 heterocycles. The van der Waals surface area contributed by atoms with Crippen molar-refractivity contribution in [3.8, 4) is 5.69 Å². The topological polar surface area (TPSA) is 130 Å². The highest BCUT2D eigenvalue weighted by atomic mass is 32.2. The molecule has 3 N–H and O–H groups in total. The number of para-hydroxylation sites is 1. The molecule has 0 radical (unpaired) electrons. The van der Waals surface area contributed by atoms with Crippen molar-refractivity contribution >= 4 is 54.1 Å².